The molecule has 0 bridgehead atoms. The summed E-state index contributed by atoms with van der Waals surface area (Å²) in [5.41, 5.74) is 4.65. The molecule has 0 aliphatic heterocycles. The van der Waals surface area contributed by atoms with Crippen LogP contribution < -0.4 is 15.5 Å². The largest absolute Gasteiger partial charge is 0.489 e. The van der Waals surface area contributed by atoms with Crippen molar-refractivity contribution >= 4 is 18.0 Å². The summed E-state index contributed by atoms with van der Waals surface area (Å²) in [7, 11) is 0. The summed E-state index contributed by atoms with van der Waals surface area (Å²) >= 11 is 0. The van der Waals surface area contributed by atoms with E-state index in [9.17, 15) is 14.0 Å². The highest BCUT2D eigenvalue weighted by molar-refractivity contribution is 6.35. The zero-order valence-corrected chi connectivity index (χ0v) is 16.8. The Kier molecular flexibility index (Phi) is 7.88. The predicted molar refractivity (Wildman–Crippen MR) is 116 cm³/mol. The summed E-state index contributed by atoms with van der Waals surface area (Å²) < 4.78 is 18.9. The lowest BCUT2D eigenvalue weighted by Crippen LogP contribution is -2.38. The molecule has 31 heavy (non-hydrogen) atoms. The number of nitrogens with one attached hydrogen (secondary N) is 2. The molecule has 0 spiro atoms. The van der Waals surface area contributed by atoms with E-state index in [1.54, 1.807) is 36.4 Å². The molecular weight excluding hydrogens is 397 g/mol. The molecule has 0 aliphatic rings. The van der Waals surface area contributed by atoms with Crippen LogP contribution in [-0.4, -0.2) is 24.6 Å². The van der Waals surface area contributed by atoms with E-state index < -0.39 is 11.8 Å². The lowest BCUT2D eigenvalue weighted by molar-refractivity contribution is -0.139. The molecule has 2 N–H and O–H groups in total. The first kappa shape index (κ1) is 21.7. The van der Waals surface area contributed by atoms with Crippen molar-refractivity contribution in [3.05, 3.63) is 101 Å². The van der Waals surface area contributed by atoms with Crippen LogP contribution in [0.2, 0.25) is 0 Å². The maximum Gasteiger partial charge on any atom is 0.329 e. The van der Waals surface area contributed by atoms with E-state index in [0.29, 0.717) is 29.8 Å². The Morgan fingerprint density at radius 3 is 2.48 bits per heavy atom. The smallest absolute Gasteiger partial charge is 0.329 e. The lowest BCUT2D eigenvalue weighted by atomic mass is 10.1. The van der Waals surface area contributed by atoms with E-state index in [-0.39, 0.29) is 12.4 Å². The minimum absolute atomic E-state index is 0.220. The third-order valence-corrected chi connectivity index (χ3v) is 4.28. The first-order valence-corrected chi connectivity index (χ1v) is 9.72. The fraction of sp³-hybridized carbons (Fsp3) is 0.125. The summed E-state index contributed by atoms with van der Waals surface area (Å²) in [6.07, 6.45) is 2.04. The van der Waals surface area contributed by atoms with E-state index in [1.807, 2.05) is 30.3 Å². The number of hydrogen-bond donors (Lipinski definition) is 2. The van der Waals surface area contributed by atoms with Crippen molar-refractivity contribution in [3.63, 3.8) is 0 Å². The van der Waals surface area contributed by atoms with Crippen molar-refractivity contribution in [2.45, 2.75) is 13.0 Å². The van der Waals surface area contributed by atoms with Crippen molar-refractivity contribution in [3.8, 4) is 5.75 Å². The van der Waals surface area contributed by atoms with E-state index in [1.165, 1.54) is 18.3 Å². The molecular formula is C24H22FN3O3. The predicted octanol–water partition coefficient (Wildman–Crippen LogP) is 3.21. The normalized spacial score (nSPS) is 10.6. The third kappa shape index (κ3) is 7.40. The number of rotatable bonds is 8. The van der Waals surface area contributed by atoms with Crippen LogP contribution in [0.5, 0.6) is 5.75 Å². The number of carbonyl (C=O) groups excluding carboxylic acids is 2. The van der Waals surface area contributed by atoms with Crippen molar-refractivity contribution in [1.82, 2.24) is 10.7 Å². The van der Waals surface area contributed by atoms with E-state index >= 15 is 0 Å². The Hall–Kier alpha value is -4.00. The average molecular weight is 419 g/mol. The summed E-state index contributed by atoms with van der Waals surface area (Å²) in [5.74, 6) is -1.34. The number of hydrogen-bond acceptors (Lipinski definition) is 4. The van der Waals surface area contributed by atoms with Crippen LogP contribution in [0.1, 0.15) is 16.7 Å². The molecule has 0 atom stereocenters. The van der Waals surface area contributed by atoms with Gasteiger partial charge in [0.2, 0.25) is 0 Å². The van der Waals surface area contributed by atoms with E-state index in [0.717, 1.165) is 5.56 Å². The van der Waals surface area contributed by atoms with Gasteiger partial charge in [-0.2, -0.15) is 5.10 Å². The molecule has 0 unspecified atom stereocenters. The molecule has 0 saturated carbocycles. The van der Waals surface area contributed by atoms with Gasteiger partial charge in [0, 0.05) is 6.54 Å². The van der Waals surface area contributed by atoms with Gasteiger partial charge in [-0.05, 0) is 47.4 Å². The molecule has 3 rings (SSSR count). The van der Waals surface area contributed by atoms with Crippen molar-refractivity contribution in [1.29, 1.82) is 0 Å². The van der Waals surface area contributed by atoms with E-state index in [4.69, 9.17) is 4.74 Å². The zero-order chi connectivity index (χ0) is 21.9. The van der Waals surface area contributed by atoms with Gasteiger partial charge in [-0.15, -0.1) is 0 Å². The molecule has 2 amide bonds. The maximum atomic E-state index is 13.2. The number of carbonyl (C=O) groups is 2. The van der Waals surface area contributed by atoms with Crippen LogP contribution in [0.4, 0.5) is 4.39 Å². The van der Waals surface area contributed by atoms with Crippen molar-refractivity contribution < 1.29 is 18.7 Å². The van der Waals surface area contributed by atoms with Gasteiger partial charge in [0.1, 0.15) is 18.2 Å². The van der Waals surface area contributed by atoms with E-state index in [2.05, 4.69) is 15.8 Å². The Labute approximate surface area is 179 Å². The number of amides is 2. The number of nitrogens with zero attached hydrogens (tertiary/aromatic N) is 1. The summed E-state index contributed by atoms with van der Waals surface area (Å²) in [6.45, 7) is 0.572. The highest BCUT2D eigenvalue weighted by Crippen LogP contribution is 2.14. The van der Waals surface area contributed by atoms with Gasteiger partial charge in [-0.1, -0.05) is 54.6 Å². The maximum absolute atomic E-state index is 13.2. The fourth-order valence-electron chi connectivity index (χ4n) is 2.74. The highest BCUT2D eigenvalue weighted by Gasteiger charge is 2.11. The van der Waals surface area contributed by atoms with Gasteiger partial charge in [-0.3, -0.25) is 9.59 Å². The molecule has 6 nitrogen and oxygen atoms in total. The number of benzene rings is 3. The lowest BCUT2D eigenvalue weighted by Gasteiger charge is -2.07. The first-order valence-electron chi connectivity index (χ1n) is 9.72. The summed E-state index contributed by atoms with van der Waals surface area (Å²) in [4.78, 5) is 23.7. The molecule has 0 saturated heterocycles. The summed E-state index contributed by atoms with van der Waals surface area (Å²) in [6, 6.07) is 22.8. The third-order valence-electron chi connectivity index (χ3n) is 4.28. The van der Waals surface area contributed by atoms with Gasteiger partial charge < -0.3 is 10.1 Å². The molecule has 158 valence electrons. The second-order valence-corrected chi connectivity index (χ2v) is 6.68. The molecule has 3 aromatic carbocycles. The van der Waals surface area contributed by atoms with Crippen LogP contribution in [-0.2, 0) is 22.6 Å². The molecule has 0 heterocycles. The van der Waals surface area contributed by atoms with Crippen LogP contribution in [0, 0.1) is 5.82 Å². The molecule has 0 aliphatic carbocycles. The second kappa shape index (κ2) is 11.3. The van der Waals surface area contributed by atoms with Gasteiger partial charge in [0.15, 0.2) is 0 Å². The molecule has 0 radical (unpaired) electrons. The summed E-state index contributed by atoms with van der Waals surface area (Å²) in [5, 5.41) is 6.36. The van der Waals surface area contributed by atoms with Gasteiger partial charge in [0.05, 0.1) is 6.21 Å². The van der Waals surface area contributed by atoms with Crippen LogP contribution in [0.3, 0.4) is 0 Å². The monoisotopic (exact) mass is 419 g/mol. The average Bonchev–Trinajstić information content (AvgIpc) is 2.78. The SMILES string of the molecule is O=C(NCCc1ccccc1)C(=O)N/N=C\c1cccc(OCc2cccc(F)c2)c1. The molecule has 3 aromatic rings. The topological polar surface area (TPSA) is 79.8 Å². The molecule has 7 heteroatoms. The standard InChI is InChI=1S/C24H22FN3O3/c25-21-10-4-9-20(14-21)17-31-22-11-5-8-19(15-22)16-27-28-24(30)23(29)26-13-12-18-6-2-1-3-7-18/h1-11,14-16H,12-13,17H2,(H,26,29)(H,28,30)/b27-16-. The Morgan fingerprint density at radius 1 is 0.903 bits per heavy atom. The van der Waals surface area contributed by atoms with Gasteiger partial charge in [-0.25, -0.2) is 9.82 Å². The minimum atomic E-state index is -0.845. The van der Waals surface area contributed by atoms with Crippen molar-refractivity contribution in [2.24, 2.45) is 5.10 Å². The number of halogens is 1. The second-order valence-electron chi connectivity index (χ2n) is 6.68. The number of hydrazone groups is 1. The van der Waals surface area contributed by atoms with Crippen molar-refractivity contribution in [2.75, 3.05) is 6.54 Å². The van der Waals surface area contributed by atoms with Gasteiger partial charge >= 0.3 is 11.8 Å². The van der Waals surface area contributed by atoms with Crippen LogP contribution in [0.15, 0.2) is 84.0 Å². The van der Waals surface area contributed by atoms with Crippen LogP contribution in [0.25, 0.3) is 0 Å². The Morgan fingerprint density at radius 2 is 1.68 bits per heavy atom. The van der Waals surface area contributed by atoms with Gasteiger partial charge in [0.25, 0.3) is 0 Å². The first-order chi connectivity index (χ1) is 15.1. The fourth-order valence-corrected chi connectivity index (χ4v) is 2.74. The van der Waals surface area contributed by atoms with Crippen LogP contribution >= 0.6 is 0 Å². The highest BCUT2D eigenvalue weighted by atomic mass is 19.1. The minimum Gasteiger partial charge on any atom is -0.489 e. The Balaban J connectivity index is 1.43. The molecule has 0 aromatic heterocycles. The number of ether oxygens (including phenoxy) is 1. The quantitative estimate of drug-likeness (QED) is 0.334. The molecule has 0 fully saturated rings. The zero-order valence-electron chi connectivity index (χ0n) is 16.8. The Bertz CT molecular complexity index is 1050.